The Labute approximate surface area is 162 Å². The monoisotopic (exact) mass is 392 g/mol. The lowest BCUT2D eigenvalue weighted by molar-refractivity contribution is 0.0398. The number of piperazine rings is 1. The molecule has 0 bridgehead atoms. The maximum Gasteiger partial charge on any atom is 0.253 e. The average molecular weight is 393 g/mol. The summed E-state index contributed by atoms with van der Waals surface area (Å²) in [6.45, 7) is 2.93. The molecule has 0 radical (unpaired) electrons. The van der Waals surface area contributed by atoms with Crippen molar-refractivity contribution in [2.24, 2.45) is 0 Å². The Morgan fingerprint density at radius 2 is 1.78 bits per heavy atom. The Bertz CT molecular complexity index is 764. The number of halogens is 2. The van der Waals surface area contributed by atoms with Crippen molar-refractivity contribution in [3.63, 3.8) is 0 Å². The first kappa shape index (κ1) is 19.6. The molecule has 2 aromatic carbocycles. The van der Waals surface area contributed by atoms with E-state index < -0.39 is 11.9 Å². The summed E-state index contributed by atoms with van der Waals surface area (Å²) in [6, 6.07) is 13.0. The number of aliphatic hydroxyl groups excluding tert-OH is 1. The van der Waals surface area contributed by atoms with Crippen molar-refractivity contribution < 1.29 is 19.0 Å². The molecule has 0 spiro atoms. The van der Waals surface area contributed by atoms with E-state index in [0.717, 1.165) is 0 Å². The van der Waals surface area contributed by atoms with Crippen LogP contribution in [0.1, 0.15) is 10.4 Å². The smallest absolute Gasteiger partial charge is 0.253 e. The lowest BCUT2D eigenvalue weighted by Crippen LogP contribution is -2.51. The van der Waals surface area contributed by atoms with Crippen LogP contribution in [0.2, 0.25) is 5.02 Å². The van der Waals surface area contributed by atoms with Crippen molar-refractivity contribution in [1.82, 2.24) is 9.80 Å². The van der Waals surface area contributed by atoms with Crippen LogP contribution in [0.25, 0.3) is 0 Å². The van der Waals surface area contributed by atoms with Gasteiger partial charge in [0.25, 0.3) is 5.91 Å². The molecular formula is C20H22ClFN2O3. The quantitative estimate of drug-likeness (QED) is 0.821. The molecule has 5 nitrogen and oxygen atoms in total. The fraction of sp³-hybridized carbons (Fsp3) is 0.350. The van der Waals surface area contributed by atoms with Crippen molar-refractivity contribution in [3.8, 4) is 5.75 Å². The highest BCUT2D eigenvalue weighted by Crippen LogP contribution is 2.16. The number of nitrogens with zero attached hydrogens (tertiary/aromatic N) is 2. The van der Waals surface area contributed by atoms with E-state index in [1.54, 1.807) is 41.3 Å². The molecule has 144 valence electrons. The standard InChI is InChI=1S/C20H22ClFN2O3/c21-16-7-5-15(6-8-16)20(26)24-11-9-23(10-12-24)13-17(25)14-27-19-4-2-1-3-18(19)22/h1-8,17,25H,9-14H2. The Hall–Kier alpha value is -2.15. The number of rotatable bonds is 6. The third-order valence-electron chi connectivity index (χ3n) is 4.49. The molecule has 1 atom stereocenters. The Morgan fingerprint density at radius 1 is 1.11 bits per heavy atom. The van der Waals surface area contributed by atoms with E-state index in [0.29, 0.717) is 43.3 Å². The molecule has 1 unspecified atom stereocenters. The zero-order valence-corrected chi connectivity index (χ0v) is 15.6. The number of para-hydroxylation sites is 1. The highest BCUT2D eigenvalue weighted by atomic mass is 35.5. The van der Waals surface area contributed by atoms with Gasteiger partial charge in [0, 0.05) is 43.3 Å². The maximum atomic E-state index is 13.5. The first-order valence-electron chi connectivity index (χ1n) is 8.85. The van der Waals surface area contributed by atoms with Gasteiger partial charge in [-0.2, -0.15) is 0 Å². The van der Waals surface area contributed by atoms with Crippen LogP contribution in [0.3, 0.4) is 0 Å². The van der Waals surface area contributed by atoms with Crippen LogP contribution in [0.5, 0.6) is 5.75 Å². The van der Waals surface area contributed by atoms with Crippen molar-refractivity contribution in [3.05, 3.63) is 64.9 Å². The Kier molecular flexibility index (Phi) is 6.66. The summed E-state index contributed by atoms with van der Waals surface area (Å²) in [7, 11) is 0. The number of carbonyl (C=O) groups is 1. The molecule has 1 aliphatic heterocycles. The summed E-state index contributed by atoms with van der Waals surface area (Å²) in [5, 5.41) is 10.8. The van der Waals surface area contributed by atoms with Crippen molar-refractivity contribution in [2.75, 3.05) is 39.3 Å². The highest BCUT2D eigenvalue weighted by Gasteiger charge is 2.23. The van der Waals surface area contributed by atoms with E-state index in [9.17, 15) is 14.3 Å². The predicted molar refractivity (Wildman–Crippen MR) is 102 cm³/mol. The van der Waals surface area contributed by atoms with E-state index in [-0.39, 0.29) is 18.3 Å². The summed E-state index contributed by atoms with van der Waals surface area (Å²) >= 11 is 5.86. The molecule has 2 aromatic rings. The summed E-state index contributed by atoms with van der Waals surface area (Å²) < 4.78 is 18.9. The Balaban J connectivity index is 1.43. The minimum atomic E-state index is -0.733. The van der Waals surface area contributed by atoms with Gasteiger partial charge in [-0.1, -0.05) is 23.7 Å². The molecule has 27 heavy (non-hydrogen) atoms. The number of β-amino-alcohol motifs (C(OH)–C–C–N with tert-alkyl or cyclic N) is 1. The van der Waals surface area contributed by atoms with E-state index >= 15 is 0 Å². The molecule has 3 rings (SSSR count). The molecule has 1 amide bonds. The minimum Gasteiger partial charge on any atom is -0.488 e. The number of hydrogen-bond donors (Lipinski definition) is 1. The van der Waals surface area contributed by atoms with Crippen molar-refractivity contribution in [2.45, 2.75) is 6.10 Å². The van der Waals surface area contributed by atoms with Gasteiger partial charge in [0.05, 0.1) is 0 Å². The second-order valence-electron chi connectivity index (χ2n) is 6.49. The molecule has 1 heterocycles. The SMILES string of the molecule is O=C(c1ccc(Cl)cc1)N1CCN(CC(O)COc2ccccc2F)CC1. The fourth-order valence-corrected chi connectivity index (χ4v) is 3.13. The predicted octanol–water partition coefficient (Wildman–Crippen LogP) is 2.68. The molecule has 1 aliphatic rings. The zero-order chi connectivity index (χ0) is 19.2. The van der Waals surface area contributed by atoms with E-state index in [1.807, 2.05) is 0 Å². The second kappa shape index (κ2) is 9.17. The van der Waals surface area contributed by atoms with Gasteiger partial charge in [-0.25, -0.2) is 4.39 Å². The number of amides is 1. The first-order chi connectivity index (χ1) is 13.0. The molecule has 7 heteroatoms. The lowest BCUT2D eigenvalue weighted by atomic mass is 10.2. The van der Waals surface area contributed by atoms with E-state index in [1.165, 1.54) is 12.1 Å². The average Bonchev–Trinajstić information content (AvgIpc) is 2.68. The molecule has 1 fully saturated rings. The summed E-state index contributed by atoms with van der Waals surface area (Å²) in [6.07, 6.45) is -0.733. The van der Waals surface area contributed by atoms with Crippen LogP contribution in [0, 0.1) is 5.82 Å². The van der Waals surface area contributed by atoms with E-state index in [2.05, 4.69) is 4.90 Å². The van der Waals surface area contributed by atoms with Gasteiger partial charge >= 0.3 is 0 Å². The van der Waals surface area contributed by atoms with Crippen LogP contribution in [-0.2, 0) is 0 Å². The van der Waals surface area contributed by atoms with Gasteiger partial charge in [-0.3, -0.25) is 9.69 Å². The van der Waals surface area contributed by atoms with Crippen LogP contribution in [0.15, 0.2) is 48.5 Å². The van der Waals surface area contributed by atoms with Gasteiger partial charge in [-0.05, 0) is 36.4 Å². The third kappa shape index (κ3) is 5.42. The van der Waals surface area contributed by atoms with Crippen LogP contribution >= 0.6 is 11.6 Å². The largest absolute Gasteiger partial charge is 0.488 e. The normalized spacial score (nSPS) is 16.2. The topological polar surface area (TPSA) is 53.0 Å². The van der Waals surface area contributed by atoms with Gasteiger partial charge < -0.3 is 14.7 Å². The molecule has 1 N–H and O–H groups in total. The maximum absolute atomic E-state index is 13.5. The van der Waals surface area contributed by atoms with Crippen LogP contribution < -0.4 is 4.74 Å². The summed E-state index contributed by atoms with van der Waals surface area (Å²) in [5.41, 5.74) is 0.617. The van der Waals surface area contributed by atoms with Gasteiger partial charge in [0.1, 0.15) is 12.7 Å². The molecular weight excluding hydrogens is 371 g/mol. The van der Waals surface area contributed by atoms with Gasteiger partial charge in [0.2, 0.25) is 0 Å². The van der Waals surface area contributed by atoms with Crippen molar-refractivity contribution >= 4 is 17.5 Å². The minimum absolute atomic E-state index is 0.0187. The number of hydrogen-bond acceptors (Lipinski definition) is 4. The second-order valence-corrected chi connectivity index (χ2v) is 6.93. The van der Waals surface area contributed by atoms with Crippen LogP contribution in [0.4, 0.5) is 4.39 Å². The third-order valence-corrected chi connectivity index (χ3v) is 4.74. The molecule has 0 aromatic heterocycles. The summed E-state index contributed by atoms with van der Waals surface area (Å²) in [4.78, 5) is 16.4. The zero-order valence-electron chi connectivity index (χ0n) is 14.9. The number of ether oxygens (including phenoxy) is 1. The van der Waals surface area contributed by atoms with Gasteiger partial charge in [-0.15, -0.1) is 0 Å². The van der Waals surface area contributed by atoms with Gasteiger partial charge in [0.15, 0.2) is 11.6 Å². The lowest BCUT2D eigenvalue weighted by Gasteiger charge is -2.35. The van der Waals surface area contributed by atoms with Crippen molar-refractivity contribution in [1.29, 1.82) is 0 Å². The summed E-state index contributed by atoms with van der Waals surface area (Å²) in [5.74, 6) is -0.330. The number of aliphatic hydroxyl groups is 1. The van der Waals surface area contributed by atoms with Crippen LogP contribution in [-0.4, -0.2) is 66.2 Å². The number of carbonyl (C=O) groups excluding carboxylic acids is 1. The highest BCUT2D eigenvalue weighted by molar-refractivity contribution is 6.30. The molecule has 0 saturated carbocycles. The molecule has 0 aliphatic carbocycles. The Morgan fingerprint density at radius 3 is 2.44 bits per heavy atom. The fourth-order valence-electron chi connectivity index (χ4n) is 3.01. The first-order valence-corrected chi connectivity index (χ1v) is 9.23. The van der Waals surface area contributed by atoms with E-state index in [4.69, 9.17) is 16.3 Å². The molecule has 1 saturated heterocycles. The number of benzene rings is 2.